The molecule has 0 aliphatic heterocycles. The topological polar surface area (TPSA) is 70.4 Å². The van der Waals surface area contributed by atoms with E-state index >= 15 is 0 Å². The zero-order valence-electron chi connectivity index (χ0n) is 12.1. The van der Waals surface area contributed by atoms with Crippen LogP contribution in [0, 0.1) is 5.21 Å². The van der Waals surface area contributed by atoms with E-state index in [1.807, 2.05) is 24.4 Å². The van der Waals surface area contributed by atoms with Gasteiger partial charge in [-0.2, -0.15) is 4.73 Å². The molecule has 22 heavy (non-hydrogen) atoms. The lowest BCUT2D eigenvalue weighted by Gasteiger charge is -2.12. The van der Waals surface area contributed by atoms with Crippen LogP contribution in [-0.4, -0.2) is 25.3 Å². The predicted molar refractivity (Wildman–Crippen MR) is 81.1 cm³/mol. The molecule has 1 N–H and O–H groups in total. The Balaban J connectivity index is 1.90. The Morgan fingerprint density at radius 3 is 2.68 bits per heavy atom. The molecule has 3 aromatic rings. The van der Waals surface area contributed by atoms with Crippen molar-refractivity contribution in [2.75, 3.05) is 20.3 Å². The van der Waals surface area contributed by atoms with E-state index < -0.39 is 0 Å². The van der Waals surface area contributed by atoms with Crippen LogP contribution in [0.3, 0.4) is 0 Å². The molecule has 0 saturated heterocycles. The quantitative estimate of drug-likeness (QED) is 0.431. The Labute approximate surface area is 127 Å². The SMILES string of the molecule is COCCOc1cc2[nH]ccc2cc1Oc1cc[n+]([O-])cc1. The van der Waals surface area contributed by atoms with Gasteiger partial charge in [0.15, 0.2) is 23.9 Å². The first-order valence-corrected chi connectivity index (χ1v) is 6.86. The van der Waals surface area contributed by atoms with Gasteiger partial charge < -0.3 is 24.4 Å². The maximum atomic E-state index is 11.1. The molecule has 3 rings (SSSR count). The van der Waals surface area contributed by atoms with Gasteiger partial charge in [0.25, 0.3) is 0 Å². The van der Waals surface area contributed by atoms with Gasteiger partial charge in [-0.25, -0.2) is 0 Å². The van der Waals surface area contributed by atoms with Crippen molar-refractivity contribution in [1.29, 1.82) is 0 Å². The van der Waals surface area contributed by atoms with Gasteiger partial charge >= 0.3 is 0 Å². The van der Waals surface area contributed by atoms with Gasteiger partial charge in [-0.15, -0.1) is 0 Å². The van der Waals surface area contributed by atoms with Crippen molar-refractivity contribution < 1.29 is 18.9 Å². The van der Waals surface area contributed by atoms with E-state index in [-0.39, 0.29) is 0 Å². The molecular weight excluding hydrogens is 284 g/mol. The molecule has 6 nitrogen and oxygen atoms in total. The number of H-pyrrole nitrogens is 1. The summed E-state index contributed by atoms with van der Waals surface area (Å²) in [5, 5.41) is 12.1. The van der Waals surface area contributed by atoms with Gasteiger partial charge in [0.2, 0.25) is 0 Å². The van der Waals surface area contributed by atoms with E-state index in [0.717, 1.165) is 10.9 Å². The zero-order chi connectivity index (χ0) is 15.4. The normalized spacial score (nSPS) is 10.8. The molecule has 6 heteroatoms. The summed E-state index contributed by atoms with van der Waals surface area (Å²) < 4.78 is 17.3. The number of pyridine rings is 1. The Kier molecular flexibility index (Phi) is 4.11. The lowest BCUT2D eigenvalue weighted by Crippen LogP contribution is -2.23. The van der Waals surface area contributed by atoms with Crippen LogP contribution < -0.4 is 14.2 Å². The van der Waals surface area contributed by atoms with Crippen LogP contribution in [0.4, 0.5) is 0 Å². The smallest absolute Gasteiger partial charge is 0.184 e. The fourth-order valence-corrected chi connectivity index (χ4v) is 2.08. The summed E-state index contributed by atoms with van der Waals surface area (Å²) in [7, 11) is 1.62. The van der Waals surface area contributed by atoms with E-state index in [9.17, 15) is 5.21 Å². The first-order valence-electron chi connectivity index (χ1n) is 6.86. The fraction of sp³-hybridized carbons (Fsp3) is 0.188. The number of rotatable bonds is 6. The molecule has 2 heterocycles. The molecule has 0 saturated carbocycles. The van der Waals surface area contributed by atoms with Crippen molar-refractivity contribution in [2.24, 2.45) is 0 Å². The molecule has 0 spiro atoms. The van der Waals surface area contributed by atoms with Crippen molar-refractivity contribution in [2.45, 2.75) is 0 Å². The van der Waals surface area contributed by atoms with Crippen LogP contribution in [0.15, 0.2) is 48.9 Å². The van der Waals surface area contributed by atoms with E-state index in [1.54, 1.807) is 19.2 Å². The minimum atomic E-state index is 0.425. The summed E-state index contributed by atoms with van der Waals surface area (Å²) in [6.45, 7) is 0.915. The Hall–Kier alpha value is -2.73. The molecule has 0 aliphatic rings. The molecular formula is C16H16N2O4. The summed E-state index contributed by atoms with van der Waals surface area (Å²) in [5.41, 5.74) is 0.963. The molecule has 1 aromatic carbocycles. The second kappa shape index (κ2) is 6.36. The molecule has 0 radical (unpaired) electrons. The largest absolute Gasteiger partial charge is 0.619 e. The number of nitrogens with one attached hydrogen (secondary N) is 1. The molecule has 0 atom stereocenters. The van der Waals surface area contributed by atoms with Gasteiger partial charge in [0, 0.05) is 42.4 Å². The Bertz CT molecular complexity index is 752. The first kappa shape index (κ1) is 14.2. The number of methoxy groups -OCH3 is 1. The van der Waals surface area contributed by atoms with Crippen LogP contribution in [0.1, 0.15) is 0 Å². The predicted octanol–water partition coefficient (Wildman–Crippen LogP) is 2.62. The molecule has 0 fully saturated rings. The third-order valence-electron chi connectivity index (χ3n) is 3.16. The Morgan fingerprint density at radius 1 is 1.09 bits per heavy atom. The van der Waals surface area contributed by atoms with E-state index in [2.05, 4.69) is 4.98 Å². The summed E-state index contributed by atoms with van der Waals surface area (Å²) in [4.78, 5) is 3.14. The average molecular weight is 300 g/mol. The molecule has 0 unspecified atom stereocenters. The monoisotopic (exact) mass is 300 g/mol. The maximum Gasteiger partial charge on any atom is 0.184 e. The molecule has 114 valence electrons. The number of fused-ring (bicyclic) bond motifs is 1. The van der Waals surface area contributed by atoms with Gasteiger partial charge in [-0.1, -0.05) is 0 Å². The van der Waals surface area contributed by atoms with Gasteiger partial charge in [-0.05, 0) is 12.1 Å². The number of hydrogen-bond acceptors (Lipinski definition) is 4. The highest BCUT2D eigenvalue weighted by atomic mass is 16.5. The minimum absolute atomic E-state index is 0.425. The summed E-state index contributed by atoms with van der Waals surface area (Å²) >= 11 is 0. The van der Waals surface area contributed by atoms with Crippen LogP contribution in [0.5, 0.6) is 17.2 Å². The number of nitrogens with zero attached hydrogens (tertiary/aromatic N) is 1. The zero-order valence-corrected chi connectivity index (χ0v) is 12.1. The van der Waals surface area contributed by atoms with Crippen LogP contribution in [-0.2, 0) is 4.74 Å². The molecule has 0 aliphatic carbocycles. The van der Waals surface area contributed by atoms with Gasteiger partial charge in [0.1, 0.15) is 12.4 Å². The lowest BCUT2D eigenvalue weighted by molar-refractivity contribution is -0.605. The van der Waals surface area contributed by atoms with Crippen molar-refractivity contribution in [3.63, 3.8) is 0 Å². The number of ether oxygens (including phenoxy) is 3. The number of benzene rings is 1. The number of aromatic amines is 1. The third kappa shape index (κ3) is 3.12. The first-order chi connectivity index (χ1) is 10.8. The van der Waals surface area contributed by atoms with E-state index in [4.69, 9.17) is 14.2 Å². The standard InChI is InChI=1S/C16H16N2O4/c1-20-8-9-21-15-11-14-12(2-5-17-14)10-16(15)22-13-3-6-18(19)7-4-13/h2-7,10-11,17H,8-9H2,1H3. The third-order valence-corrected chi connectivity index (χ3v) is 3.16. The van der Waals surface area contributed by atoms with Crippen molar-refractivity contribution in [3.8, 4) is 17.2 Å². The number of hydrogen-bond donors (Lipinski definition) is 1. The highest BCUT2D eigenvalue weighted by molar-refractivity contribution is 5.83. The van der Waals surface area contributed by atoms with E-state index in [1.165, 1.54) is 12.4 Å². The lowest BCUT2D eigenvalue weighted by atomic mass is 10.2. The van der Waals surface area contributed by atoms with Crippen LogP contribution in [0.25, 0.3) is 10.9 Å². The summed E-state index contributed by atoms with van der Waals surface area (Å²) in [6, 6.07) is 8.95. The van der Waals surface area contributed by atoms with Crippen LogP contribution >= 0.6 is 0 Å². The van der Waals surface area contributed by atoms with E-state index in [0.29, 0.717) is 35.2 Å². The highest BCUT2D eigenvalue weighted by Gasteiger charge is 2.10. The highest BCUT2D eigenvalue weighted by Crippen LogP contribution is 2.35. The molecule has 0 amide bonds. The summed E-state index contributed by atoms with van der Waals surface area (Å²) in [6.07, 6.45) is 4.63. The number of aromatic nitrogens is 2. The molecule has 2 aromatic heterocycles. The van der Waals surface area contributed by atoms with Crippen molar-refractivity contribution in [3.05, 3.63) is 54.1 Å². The second-order valence-electron chi connectivity index (χ2n) is 4.70. The van der Waals surface area contributed by atoms with Gasteiger partial charge in [-0.3, -0.25) is 0 Å². The van der Waals surface area contributed by atoms with Gasteiger partial charge in [0.05, 0.1) is 6.61 Å². The summed E-state index contributed by atoms with van der Waals surface area (Å²) in [5.74, 6) is 1.77. The maximum absolute atomic E-state index is 11.1. The van der Waals surface area contributed by atoms with Crippen molar-refractivity contribution in [1.82, 2.24) is 4.98 Å². The average Bonchev–Trinajstić information content (AvgIpc) is 2.97. The molecule has 0 bridgehead atoms. The fourth-order valence-electron chi connectivity index (χ4n) is 2.08. The Morgan fingerprint density at radius 2 is 1.91 bits per heavy atom. The second-order valence-corrected chi connectivity index (χ2v) is 4.70. The minimum Gasteiger partial charge on any atom is -0.619 e. The van der Waals surface area contributed by atoms with Crippen molar-refractivity contribution >= 4 is 10.9 Å². The van der Waals surface area contributed by atoms with Crippen LogP contribution in [0.2, 0.25) is 0 Å².